The van der Waals surface area contributed by atoms with E-state index in [2.05, 4.69) is 14.2 Å². The second kappa shape index (κ2) is 9.24. The topological polar surface area (TPSA) is 74.2 Å². The molecule has 6 nitrogen and oxygen atoms in total. The fourth-order valence-corrected chi connectivity index (χ4v) is 0.499. The Labute approximate surface area is 76.3 Å². The van der Waals surface area contributed by atoms with Crippen LogP contribution in [-0.2, 0) is 18.9 Å². The number of carbonyl (C=O) groups excluding carboxylic acids is 1. The van der Waals surface area contributed by atoms with Gasteiger partial charge in [0.25, 0.3) is 0 Å². The zero-order valence-corrected chi connectivity index (χ0v) is 7.52. The molecular weight excluding hydrogens is 180 g/mol. The molecule has 0 aromatic carbocycles. The highest BCUT2D eigenvalue weighted by Gasteiger charge is 2.01. The van der Waals surface area contributed by atoms with Gasteiger partial charge < -0.3 is 24.1 Å². The normalized spacial score (nSPS) is 9.69. The summed E-state index contributed by atoms with van der Waals surface area (Å²) in [4.78, 5) is 10.6. The predicted molar refractivity (Wildman–Crippen MR) is 42.2 cm³/mol. The molecule has 1 N–H and O–H groups in total. The Morgan fingerprint density at radius 2 is 2.00 bits per heavy atom. The third-order valence-corrected chi connectivity index (χ3v) is 0.978. The van der Waals surface area contributed by atoms with Crippen molar-refractivity contribution in [3.05, 3.63) is 0 Å². The number of hydrogen-bond donors (Lipinski definition) is 1. The van der Waals surface area contributed by atoms with E-state index >= 15 is 0 Å². The van der Waals surface area contributed by atoms with Gasteiger partial charge in [0.05, 0.1) is 19.8 Å². The minimum Gasteiger partial charge on any atom is -0.432 e. The maximum Gasteiger partial charge on any atom is 0.510 e. The summed E-state index contributed by atoms with van der Waals surface area (Å²) in [5.74, 6) is 0. The van der Waals surface area contributed by atoms with E-state index in [1.165, 1.54) is 7.11 Å². The smallest absolute Gasteiger partial charge is 0.432 e. The molecule has 0 radical (unpaired) electrons. The Bertz CT molecular complexity index is 126. The molecule has 0 aromatic rings. The van der Waals surface area contributed by atoms with Crippen molar-refractivity contribution in [2.45, 2.75) is 0 Å². The second-order valence-electron chi connectivity index (χ2n) is 1.99. The van der Waals surface area contributed by atoms with Crippen LogP contribution >= 0.6 is 0 Å². The molecule has 13 heavy (non-hydrogen) atoms. The van der Waals surface area contributed by atoms with Crippen LogP contribution in [0.25, 0.3) is 0 Å². The monoisotopic (exact) mass is 194 g/mol. The van der Waals surface area contributed by atoms with Gasteiger partial charge in [-0.2, -0.15) is 0 Å². The first-order valence-electron chi connectivity index (χ1n) is 3.78. The van der Waals surface area contributed by atoms with Crippen LogP contribution in [0.1, 0.15) is 0 Å². The van der Waals surface area contributed by atoms with Crippen molar-refractivity contribution < 1.29 is 28.8 Å². The number of methoxy groups -OCH3 is 1. The van der Waals surface area contributed by atoms with Crippen LogP contribution in [0.5, 0.6) is 0 Å². The summed E-state index contributed by atoms with van der Waals surface area (Å²) in [6.45, 7) is 0.395. The first-order chi connectivity index (χ1) is 6.31. The lowest BCUT2D eigenvalue weighted by atomic mass is 10.7. The van der Waals surface area contributed by atoms with E-state index in [9.17, 15) is 4.79 Å². The van der Waals surface area contributed by atoms with E-state index in [-0.39, 0.29) is 33.2 Å². The highest BCUT2D eigenvalue weighted by molar-refractivity contribution is 5.59. The Kier molecular flexibility index (Phi) is 8.64. The van der Waals surface area contributed by atoms with Crippen molar-refractivity contribution in [1.82, 2.24) is 0 Å². The first kappa shape index (κ1) is 12.2. The molecule has 0 amide bonds. The quantitative estimate of drug-likeness (QED) is 0.342. The van der Waals surface area contributed by atoms with E-state index in [0.717, 1.165) is 0 Å². The van der Waals surface area contributed by atoms with Gasteiger partial charge in [0, 0.05) is 7.11 Å². The van der Waals surface area contributed by atoms with Crippen molar-refractivity contribution in [2.24, 2.45) is 0 Å². The minimum absolute atomic E-state index is 0.0475. The van der Waals surface area contributed by atoms with E-state index < -0.39 is 6.16 Å². The Morgan fingerprint density at radius 3 is 2.62 bits per heavy atom. The fourth-order valence-electron chi connectivity index (χ4n) is 0.499. The number of carbonyl (C=O) groups is 1. The standard InChI is InChI=1S/C7H14O6/c1-10-6-13-7(9)12-5-4-11-3-2-8/h8H,2-6H2,1H3. The number of aliphatic hydroxyl groups is 1. The molecule has 6 heteroatoms. The summed E-state index contributed by atoms with van der Waals surface area (Å²) >= 11 is 0. The van der Waals surface area contributed by atoms with Crippen molar-refractivity contribution in [2.75, 3.05) is 40.3 Å². The van der Waals surface area contributed by atoms with E-state index in [0.29, 0.717) is 0 Å². The van der Waals surface area contributed by atoms with Gasteiger partial charge in [0.15, 0.2) is 6.79 Å². The zero-order chi connectivity index (χ0) is 9.94. The largest absolute Gasteiger partial charge is 0.510 e. The molecule has 0 aliphatic rings. The third-order valence-electron chi connectivity index (χ3n) is 0.978. The fraction of sp³-hybridized carbons (Fsp3) is 0.857. The van der Waals surface area contributed by atoms with Crippen molar-refractivity contribution in [3.8, 4) is 0 Å². The molecule has 0 saturated carbocycles. The Morgan fingerprint density at radius 1 is 1.23 bits per heavy atom. The van der Waals surface area contributed by atoms with Gasteiger partial charge in [-0.05, 0) is 0 Å². The molecule has 0 aliphatic carbocycles. The average molecular weight is 194 g/mol. The number of rotatable bonds is 7. The first-order valence-corrected chi connectivity index (χ1v) is 3.78. The molecule has 0 rings (SSSR count). The van der Waals surface area contributed by atoms with Crippen LogP contribution in [0.15, 0.2) is 0 Å². The Balaban J connectivity index is 3.08. The van der Waals surface area contributed by atoms with Crippen molar-refractivity contribution in [3.63, 3.8) is 0 Å². The molecule has 78 valence electrons. The van der Waals surface area contributed by atoms with Gasteiger partial charge in [0.1, 0.15) is 6.61 Å². The molecular formula is C7H14O6. The van der Waals surface area contributed by atoms with Crippen LogP contribution in [0, 0.1) is 0 Å². The van der Waals surface area contributed by atoms with Crippen LogP contribution in [0.4, 0.5) is 4.79 Å². The van der Waals surface area contributed by atoms with E-state index in [1.54, 1.807) is 0 Å². The van der Waals surface area contributed by atoms with E-state index in [4.69, 9.17) is 9.84 Å². The lowest BCUT2D eigenvalue weighted by molar-refractivity contribution is -0.0344. The van der Waals surface area contributed by atoms with Crippen LogP contribution in [0.3, 0.4) is 0 Å². The van der Waals surface area contributed by atoms with Gasteiger partial charge in [-0.3, -0.25) is 0 Å². The molecule has 0 unspecified atom stereocenters. The Hall–Kier alpha value is -0.850. The molecule has 0 spiro atoms. The zero-order valence-electron chi connectivity index (χ0n) is 7.52. The molecule has 0 aromatic heterocycles. The SMILES string of the molecule is COCOC(=O)OCCOCCO. The lowest BCUT2D eigenvalue weighted by Crippen LogP contribution is -2.14. The molecule has 0 heterocycles. The van der Waals surface area contributed by atoms with Crippen molar-refractivity contribution >= 4 is 6.16 Å². The second-order valence-corrected chi connectivity index (χ2v) is 1.99. The summed E-state index contributed by atoms with van der Waals surface area (Å²) < 4.78 is 18.2. The number of ether oxygens (including phenoxy) is 4. The summed E-state index contributed by atoms with van der Waals surface area (Å²) in [7, 11) is 1.40. The highest BCUT2D eigenvalue weighted by atomic mass is 16.8. The summed E-state index contributed by atoms with van der Waals surface area (Å²) in [6.07, 6.45) is -0.797. The maximum absolute atomic E-state index is 10.6. The van der Waals surface area contributed by atoms with E-state index in [1.807, 2.05) is 0 Å². The van der Waals surface area contributed by atoms with Gasteiger partial charge in [0.2, 0.25) is 0 Å². The van der Waals surface area contributed by atoms with Gasteiger partial charge in [-0.15, -0.1) is 0 Å². The molecule has 0 aliphatic heterocycles. The molecule has 0 saturated heterocycles. The number of hydrogen-bond acceptors (Lipinski definition) is 6. The van der Waals surface area contributed by atoms with Crippen molar-refractivity contribution in [1.29, 1.82) is 0 Å². The van der Waals surface area contributed by atoms with Crippen LogP contribution in [-0.4, -0.2) is 51.6 Å². The van der Waals surface area contributed by atoms with Gasteiger partial charge in [-0.1, -0.05) is 0 Å². The molecule has 0 fully saturated rings. The molecule has 0 atom stereocenters. The van der Waals surface area contributed by atoms with Gasteiger partial charge >= 0.3 is 6.16 Å². The van der Waals surface area contributed by atoms with Crippen LogP contribution in [0.2, 0.25) is 0 Å². The lowest BCUT2D eigenvalue weighted by Gasteiger charge is -2.05. The number of aliphatic hydroxyl groups excluding tert-OH is 1. The summed E-state index contributed by atoms with van der Waals surface area (Å²) in [5, 5.41) is 8.32. The molecule has 0 bridgehead atoms. The average Bonchev–Trinajstić information content (AvgIpc) is 2.14. The predicted octanol–water partition coefficient (Wildman–Crippen LogP) is -0.248. The maximum atomic E-state index is 10.6. The summed E-state index contributed by atoms with van der Waals surface area (Å²) in [5.41, 5.74) is 0. The minimum atomic E-state index is -0.797. The van der Waals surface area contributed by atoms with Crippen LogP contribution < -0.4 is 0 Å². The highest BCUT2D eigenvalue weighted by Crippen LogP contribution is 1.85. The summed E-state index contributed by atoms with van der Waals surface area (Å²) in [6, 6.07) is 0. The van der Waals surface area contributed by atoms with Gasteiger partial charge in [-0.25, -0.2) is 4.79 Å². The third kappa shape index (κ3) is 9.06.